The molecule has 0 unspecified atom stereocenters. The molecule has 27 heavy (non-hydrogen) atoms. The number of para-hydroxylation sites is 1. The van der Waals surface area contributed by atoms with E-state index in [-0.39, 0.29) is 11.8 Å². The molecule has 2 rings (SSSR count). The molecule has 0 saturated carbocycles. The van der Waals surface area contributed by atoms with Gasteiger partial charge in [-0.05, 0) is 55.5 Å². The van der Waals surface area contributed by atoms with Gasteiger partial charge in [-0.3, -0.25) is 9.10 Å². The molecule has 0 fully saturated rings. The van der Waals surface area contributed by atoms with E-state index >= 15 is 0 Å². The summed E-state index contributed by atoms with van der Waals surface area (Å²) in [6.45, 7) is 9.54. The van der Waals surface area contributed by atoms with Gasteiger partial charge in [-0.2, -0.15) is 0 Å². The molecular formula is C21H28N2O3S. The molecule has 0 aliphatic carbocycles. The van der Waals surface area contributed by atoms with Crippen molar-refractivity contribution >= 4 is 27.3 Å². The molecule has 2 aromatic rings. The third kappa shape index (κ3) is 4.89. The zero-order chi connectivity index (χ0) is 20.4. The molecule has 0 heterocycles. The van der Waals surface area contributed by atoms with Crippen molar-refractivity contribution in [3.05, 3.63) is 59.2 Å². The molecule has 0 aromatic heterocycles. The van der Waals surface area contributed by atoms with Crippen LogP contribution in [0, 0.1) is 13.8 Å². The maximum absolute atomic E-state index is 13.0. The summed E-state index contributed by atoms with van der Waals surface area (Å²) in [7, 11) is -3.64. The second-order valence-corrected chi connectivity index (χ2v) is 9.12. The lowest BCUT2D eigenvalue weighted by Gasteiger charge is -2.29. The van der Waals surface area contributed by atoms with Crippen LogP contribution in [0.25, 0.3) is 0 Å². The second-order valence-electron chi connectivity index (χ2n) is 7.26. The SMILES string of the molecule is Cc1cccc(N([C@@H](C)C(=O)Nc2c(C)cccc2C(C)C)S(C)(=O)=O)c1. The number of amides is 1. The van der Waals surface area contributed by atoms with Crippen molar-refractivity contribution in [2.75, 3.05) is 15.9 Å². The standard InChI is InChI=1S/C21H28N2O3S/c1-14(2)19-12-8-10-16(4)20(19)22-21(24)17(5)23(27(6,25)26)18-11-7-9-15(3)13-18/h7-14,17H,1-6H3,(H,22,24)/t17-/m0/s1. The zero-order valence-electron chi connectivity index (χ0n) is 16.8. The average molecular weight is 389 g/mol. The molecule has 6 heteroatoms. The topological polar surface area (TPSA) is 66.5 Å². The number of sulfonamides is 1. The van der Waals surface area contributed by atoms with Crippen molar-refractivity contribution in [2.45, 2.75) is 46.6 Å². The Morgan fingerprint density at radius 1 is 1.04 bits per heavy atom. The Bertz CT molecular complexity index is 936. The highest BCUT2D eigenvalue weighted by Crippen LogP contribution is 2.28. The number of benzene rings is 2. The average Bonchev–Trinajstić information content (AvgIpc) is 2.55. The molecule has 5 nitrogen and oxygen atoms in total. The number of carbonyl (C=O) groups is 1. The third-order valence-electron chi connectivity index (χ3n) is 4.52. The van der Waals surface area contributed by atoms with Crippen LogP contribution in [0.1, 0.15) is 43.4 Å². The molecule has 146 valence electrons. The minimum Gasteiger partial charge on any atom is -0.324 e. The van der Waals surface area contributed by atoms with Crippen molar-refractivity contribution in [1.82, 2.24) is 0 Å². The van der Waals surface area contributed by atoms with Crippen LogP contribution in [0.5, 0.6) is 0 Å². The number of carbonyl (C=O) groups excluding carboxylic acids is 1. The Labute approximate surface area is 162 Å². The van der Waals surface area contributed by atoms with Gasteiger partial charge < -0.3 is 5.32 Å². The smallest absolute Gasteiger partial charge is 0.248 e. The maximum atomic E-state index is 13.0. The summed E-state index contributed by atoms with van der Waals surface area (Å²) < 4.78 is 26.0. The quantitative estimate of drug-likeness (QED) is 0.806. The van der Waals surface area contributed by atoms with Crippen molar-refractivity contribution in [2.24, 2.45) is 0 Å². The largest absolute Gasteiger partial charge is 0.324 e. The Hall–Kier alpha value is -2.34. The summed E-state index contributed by atoms with van der Waals surface area (Å²) in [6, 6.07) is 12.1. The summed E-state index contributed by atoms with van der Waals surface area (Å²) in [4.78, 5) is 13.0. The lowest BCUT2D eigenvalue weighted by molar-refractivity contribution is -0.116. The lowest BCUT2D eigenvalue weighted by atomic mass is 9.98. The molecule has 1 atom stereocenters. The van der Waals surface area contributed by atoms with Crippen molar-refractivity contribution in [1.29, 1.82) is 0 Å². The molecule has 2 aromatic carbocycles. The van der Waals surface area contributed by atoms with Gasteiger partial charge >= 0.3 is 0 Å². The Morgan fingerprint density at radius 3 is 2.22 bits per heavy atom. The molecule has 0 saturated heterocycles. The number of nitrogens with zero attached hydrogens (tertiary/aromatic N) is 1. The highest BCUT2D eigenvalue weighted by Gasteiger charge is 2.29. The van der Waals surface area contributed by atoms with Crippen LogP contribution in [0.2, 0.25) is 0 Å². The van der Waals surface area contributed by atoms with Crippen molar-refractivity contribution in [3.63, 3.8) is 0 Å². The summed E-state index contributed by atoms with van der Waals surface area (Å²) in [5, 5.41) is 2.95. The van der Waals surface area contributed by atoms with Crippen molar-refractivity contribution < 1.29 is 13.2 Å². The van der Waals surface area contributed by atoms with Crippen LogP contribution < -0.4 is 9.62 Å². The van der Waals surface area contributed by atoms with E-state index in [2.05, 4.69) is 19.2 Å². The highest BCUT2D eigenvalue weighted by molar-refractivity contribution is 7.92. The van der Waals surface area contributed by atoms with E-state index in [0.29, 0.717) is 5.69 Å². The molecule has 0 aliphatic rings. The van der Waals surface area contributed by atoms with Crippen LogP contribution in [-0.2, 0) is 14.8 Å². The van der Waals surface area contributed by atoms with E-state index < -0.39 is 16.1 Å². The fourth-order valence-electron chi connectivity index (χ4n) is 3.14. The third-order valence-corrected chi connectivity index (χ3v) is 5.76. The first-order valence-electron chi connectivity index (χ1n) is 8.98. The van der Waals surface area contributed by atoms with E-state index in [1.807, 2.05) is 38.1 Å². The predicted molar refractivity (Wildman–Crippen MR) is 112 cm³/mol. The van der Waals surface area contributed by atoms with Crippen LogP contribution in [0.4, 0.5) is 11.4 Å². The zero-order valence-corrected chi connectivity index (χ0v) is 17.6. The van der Waals surface area contributed by atoms with Crippen LogP contribution in [-0.4, -0.2) is 26.6 Å². The summed E-state index contributed by atoms with van der Waals surface area (Å²) in [6.07, 6.45) is 1.12. The maximum Gasteiger partial charge on any atom is 0.248 e. The molecule has 0 radical (unpaired) electrons. The first kappa shape index (κ1) is 21.0. The summed E-state index contributed by atoms with van der Waals surface area (Å²) in [5.41, 5.74) is 4.13. The summed E-state index contributed by atoms with van der Waals surface area (Å²) in [5.74, 6) is -0.128. The minimum atomic E-state index is -3.64. The van der Waals surface area contributed by atoms with Gasteiger partial charge in [0.05, 0.1) is 11.9 Å². The number of anilines is 2. The van der Waals surface area contributed by atoms with Gasteiger partial charge in [-0.1, -0.05) is 44.2 Å². The Kier molecular flexibility index (Phi) is 6.31. The normalized spacial score (nSPS) is 12.7. The number of nitrogens with one attached hydrogen (secondary N) is 1. The molecule has 0 bridgehead atoms. The lowest BCUT2D eigenvalue weighted by Crippen LogP contribution is -2.45. The molecule has 1 amide bonds. The molecule has 0 spiro atoms. The second kappa shape index (κ2) is 8.13. The van der Waals surface area contributed by atoms with E-state index in [0.717, 1.165) is 28.6 Å². The van der Waals surface area contributed by atoms with Crippen LogP contribution >= 0.6 is 0 Å². The van der Waals surface area contributed by atoms with Gasteiger partial charge in [0.1, 0.15) is 6.04 Å². The highest BCUT2D eigenvalue weighted by atomic mass is 32.2. The van der Waals surface area contributed by atoms with E-state index in [9.17, 15) is 13.2 Å². The fourth-order valence-corrected chi connectivity index (χ4v) is 4.31. The Balaban J connectivity index is 2.40. The monoisotopic (exact) mass is 388 g/mol. The number of hydrogen-bond donors (Lipinski definition) is 1. The predicted octanol–water partition coefficient (Wildman–Crippen LogP) is 4.22. The fraction of sp³-hybridized carbons (Fsp3) is 0.381. The van der Waals surface area contributed by atoms with Gasteiger partial charge in [0.2, 0.25) is 15.9 Å². The van der Waals surface area contributed by atoms with Gasteiger partial charge in [-0.15, -0.1) is 0 Å². The van der Waals surface area contributed by atoms with E-state index in [1.165, 1.54) is 4.31 Å². The Morgan fingerprint density at radius 2 is 1.67 bits per heavy atom. The molecular weight excluding hydrogens is 360 g/mol. The molecule has 0 aliphatic heterocycles. The van der Waals surface area contributed by atoms with E-state index in [1.54, 1.807) is 25.1 Å². The number of hydrogen-bond acceptors (Lipinski definition) is 3. The van der Waals surface area contributed by atoms with Gasteiger partial charge in [-0.25, -0.2) is 8.42 Å². The van der Waals surface area contributed by atoms with E-state index in [4.69, 9.17) is 0 Å². The number of aryl methyl sites for hydroxylation is 2. The number of rotatable bonds is 6. The van der Waals surface area contributed by atoms with Gasteiger partial charge in [0.25, 0.3) is 0 Å². The van der Waals surface area contributed by atoms with Gasteiger partial charge in [0.15, 0.2) is 0 Å². The first-order valence-corrected chi connectivity index (χ1v) is 10.8. The first-order chi connectivity index (χ1) is 12.5. The molecule has 1 N–H and O–H groups in total. The van der Waals surface area contributed by atoms with Crippen LogP contribution in [0.15, 0.2) is 42.5 Å². The van der Waals surface area contributed by atoms with Crippen LogP contribution in [0.3, 0.4) is 0 Å². The summed E-state index contributed by atoms with van der Waals surface area (Å²) >= 11 is 0. The minimum absolute atomic E-state index is 0.235. The van der Waals surface area contributed by atoms with Crippen molar-refractivity contribution in [3.8, 4) is 0 Å². The van der Waals surface area contributed by atoms with Gasteiger partial charge in [0, 0.05) is 5.69 Å².